The van der Waals surface area contributed by atoms with Crippen molar-refractivity contribution in [1.29, 1.82) is 0 Å². The monoisotopic (exact) mass is 249 g/mol. The van der Waals surface area contributed by atoms with E-state index in [0.29, 0.717) is 17.5 Å². The standard InChI is InChI=1S/C15H27N3/c1-11-8-15(3,4)7-6-14(11)17-12(2)13-9-16-18(5)10-13/h9-12,14,17H,6-8H2,1-5H3. The summed E-state index contributed by atoms with van der Waals surface area (Å²) >= 11 is 0. The Morgan fingerprint density at radius 2 is 2.22 bits per heavy atom. The second-order valence-corrected chi connectivity index (χ2v) is 6.83. The zero-order valence-electron chi connectivity index (χ0n) is 12.4. The van der Waals surface area contributed by atoms with Crippen LogP contribution in [-0.2, 0) is 7.05 Å². The molecule has 0 aromatic carbocycles. The van der Waals surface area contributed by atoms with Gasteiger partial charge in [-0.2, -0.15) is 5.10 Å². The smallest absolute Gasteiger partial charge is 0.0537 e. The number of hydrogen-bond acceptors (Lipinski definition) is 2. The van der Waals surface area contributed by atoms with Crippen LogP contribution in [0.15, 0.2) is 12.4 Å². The van der Waals surface area contributed by atoms with E-state index in [4.69, 9.17) is 0 Å². The minimum atomic E-state index is 0.396. The van der Waals surface area contributed by atoms with Gasteiger partial charge in [0.05, 0.1) is 6.20 Å². The van der Waals surface area contributed by atoms with Crippen LogP contribution in [0.25, 0.3) is 0 Å². The number of hydrogen-bond donors (Lipinski definition) is 1. The molecule has 3 heteroatoms. The van der Waals surface area contributed by atoms with Gasteiger partial charge in [-0.15, -0.1) is 0 Å². The van der Waals surface area contributed by atoms with Crippen LogP contribution in [-0.4, -0.2) is 15.8 Å². The van der Waals surface area contributed by atoms with Crippen molar-refractivity contribution >= 4 is 0 Å². The summed E-state index contributed by atoms with van der Waals surface area (Å²) in [6.07, 6.45) is 8.02. The summed E-state index contributed by atoms with van der Waals surface area (Å²) in [5.41, 5.74) is 1.81. The Labute approximate surface area is 111 Å². The number of rotatable bonds is 3. The first kappa shape index (κ1) is 13.6. The average Bonchev–Trinajstić information content (AvgIpc) is 2.68. The fourth-order valence-corrected chi connectivity index (χ4v) is 3.28. The summed E-state index contributed by atoms with van der Waals surface area (Å²) in [7, 11) is 1.97. The molecule has 0 radical (unpaired) electrons. The van der Waals surface area contributed by atoms with E-state index >= 15 is 0 Å². The molecule has 1 aliphatic rings. The van der Waals surface area contributed by atoms with Crippen molar-refractivity contribution in [3.05, 3.63) is 18.0 Å². The Bertz CT molecular complexity index is 394. The lowest BCUT2D eigenvalue weighted by atomic mass is 9.70. The van der Waals surface area contributed by atoms with Crippen LogP contribution in [0.4, 0.5) is 0 Å². The van der Waals surface area contributed by atoms with Gasteiger partial charge in [-0.3, -0.25) is 4.68 Å². The fourth-order valence-electron chi connectivity index (χ4n) is 3.28. The molecule has 3 atom stereocenters. The molecule has 3 nitrogen and oxygen atoms in total. The lowest BCUT2D eigenvalue weighted by molar-refractivity contribution is 0.143. The maximum atomic E-state index is 4.25. The second kappa shape index (κ2) is 5.04. The summed E-state index contributed by atoms with van der Waals surface area (Å²) < 4.78 is 1.88. The van der Waals surface area contributed by atoms with Gasteiger partial charge < -0.3 is 5.32 Å². The average molecular weight is 249 g/mol. The molecule has 102 valence electrons. The largest absolute Gasteiger partial charge is 0.307 e. The van der Waals surface area contributed by atoms with E-state index in [1.54, 1.807) is 0 Å². The SMILES string of the molecule is CC(NC1CCC(C)(C)CC1C)c1cnn(C)c1. The molecule has 0 amide bonds. The Balaban J connectivity index is 1.94. The Kier molecular flexibility index (Phi) is 3.81. The van der Waals surface area contributed by atoms with Crippen LogP contribution in [0.2, 0.25) is 0 Å². The molecule has 0 bridgehead atoms. The number of nitrogens with zero attached hydrogens (tertiary/aromatic N) is 2. The summed E-state index contributed by atoms with van der Waals surface area (Å²) in [5, 5.41) is 8.03. The molecule has 1 aromatic rings. The Morgan fingerprint density at radius 1 is 1.50 bits per heavy atom. The maximum Gasteiger partial charge on any atom is 0.0537 e. The van der Waals surface area contributed by atoms with Gasteiger partial charge in [0.1, 0.15) is 0 Å². The third-order valence-electron chi connectivity index (χ3n) is 4.38. The number of aryl methyl sites for hydroxylation is 1. The normalized spacial score (nSPS) is 29.2. The quantitative estimate of drug-likeness (QED) is 0.891. The molecule has 3 unspecified atom stereocenters. The molecule has 18 heavy (non-hydrogen) atoms. The highest BCUT2D eigenvalue weighted by molar-refractivity contribution is 5.09. The van der Waals surface area contributed by atoms with Crippen LogP contribution in [0.1, 0.15) is 58.6 Å². The summed E-state index contributed by atoms with van der Waals surface area (Å²) in [6, 6.07) is 1.04. The van der Waals surface area contributed by atoms with Crippen molar-refractivity contribution in [2.24, 2.45) is 18.4 Å². The van der Waals surface area contributed by atoms with E-state index in [9.17, 15) is 0 Å². The predicted molar refractivity (Wildman–Crippen MR) is 75.3 cm³/mol. The van der Waals surface area contributed by atoms with Gasteiger partial charge in [0, 0.05) is 30.9 Å². The van der Waals surface area contributed by atoms with E-state index < -0.39 is 0 Å². The first-order valence-corrected chi connectivity index (χ1v) is 7.12. The van der Waals surface area contributed by atoms with Gasteiger partial charge in [0.25, 0.3) is 0 Å². The van der Waals surface area contributed by atoms with Gasteiger partial charge in [0.2, 0.25) is 0 Å². The summed E-state index contributed by atoms with van der Waals surface area (Å²) in [5.74, 6) is 0.757. The zero-order chi connectivity index (χ0) is 13.3. The van der Waals surface area contributed by atoms with E-state index in [2.05, 4.69) is 44.3 Å². The number of nitrogens with one attached hydrogen (secondary N) is 1. The number of aromatic nitrogens is 2. The minimum absolute atomic E-state index is 0.396. The molecule has 1 N–H and O–H groups in total. The van der Waals surface area contributed by atoms with Crippen molar-refractivity contribution in [3.63, 3.8) is 0 Å². The van der Waals surface area contributed by atoms with Crippen molar-refractivity contribution in [3.8, 4) is 0 Å². The molecule has 2 rings (SSSR count). The van der Waals surface area contributed by atoms with Gasteiger partial charge in [-0.05, 0) is 37.5 Å². The zero-order valence-corrected chi connectivity index (χ0v) is 12.4. The summed E-state index contributed by atoms with van der Waals surface area (Å²) in [6.45, 7) is 9.41. The van der Waals surface area contributed by atoms with Crippen molar-refractivity contribution in [1.82, 2.24) is 15.1 Å². The molecule has 1 heterocycles. The van der Waals surface area contributed by atoms with E-state index in [1.165, 1.54) is 24.8 Å². The highest BCUT2D eigenvalue weighted by atomic mass is 15.2. The Hall–Kier alpha value is -0.830. The van der Waals surface area contributed by atoms with E-state index in [0.717, 1.165) is 5.92 Å². The molecule has 0 aliphatic heterocycles. The maximum absolute atomic E-state index is 4.25. The molecule has 1 aliphatic carbocycles. The highest BCUT2D eigenvalue weighted by Gasteiger charge is 2.32. The van der Waals surface area contributed by atoms with Crippen molar-refractivity contribution in [2.75, 3.05) is 0 Å². The summed E-state index contributed by atoms with van der Waals surface area (Å²) in [4.78, 5) is 0. The van der Waals surface area contributed by atoms with E-state index in [-0.39, 0.29) is 0 Å². The van der Waals surface area contributed by atoms with Crippen LogP contribution in [0, 0.1) is 11.3 Å². The molecule has 0 saturated heterocycles. The first-order valence-electron chi connectivity index (χ1n) is 7.12. The fraction of sp³-hybridized carbons (Fsp3) is 0.800. The van der Waals surface area contributed by atoms with Crippen molar-refractivity contribution < 1.29 is 0 Å². The predicted octanol–water partition coefficient (Wildman–Crippen LogP) is 3.29. The van der Waals surface area contributed by atoms with Crippen molar-refractivity contribution in [2.45, 2.75) is 59.0 Å². The third-order valence-corrected chi connectivity index (χ3v) is 4.38. The van der Waals surface area contributed by atoms with Gasteiger partial charge >= 0.3 is 0 Å². The molecular formula is C15H27N3. The molecular weight excluding hydrogens is 222 g/mol. The lowest BCUT2D eigenvalue weighted by Gasteiger charge is -2.40. The Morgan fingerprint density at radius 3 is 2.78 bits per heavy atom. The molecule has 1 fully saturated rings. The molecule has 0 spiro atoms. The van der Waals surface area contributed by atoms with Gasteiger partial charge in [-0.25, -0.2) is 0 Å². The lowest BCUT2D eigenvalue weighted by Crippen LogP contribution is -2.42. The minimum Gasteiger partial charge on any atom is -0.307 e. The highest BCUT2D eigenvalue weighted by Crippen LogP contribution is 2.39. The topological polar surface area (TPSA) is 29.9 Å². The molecule has 1 aromatic heterocycles. The van der Waals surface area contributed by atoms with Crippen LogP contribution in [0.5, 0.6) is 0 Å². The van der Waals surface area contributed by atoms with Gasteiger partial charge in [-0.1, -0.05) is 20.8 Å². The van der Waals surface area contributed by atoms with Crippen LogP contribution in [0.3, 0.4) is 0 Å². The van der Waals surface area contributed by atoms with E-state index in [1.807, 2.05) is 17.9 Å². The van der Waals surface area contributed by atoms with Gasteiger partial charge in [0.15, 0.2) is 0 Å². The second-order valence-electron chi connectivity index (χ2n) is 6.83. The van der Waals surface area contributed by atoms with Crippen LogP contribution < -0.4 is 5.32 Å². The third kappa shape index (κ3) is 3.14. The first-order chi connectivity index (χ1) is 8.37. The molecule has 1 saturated carbocycles. The van der Waals surface area contributed by atoms with Crippen LogP contribution >= 0.6 is 0 Å².